The van der Waals surface area contributed by atoms with Gasteiger partial charge in [0, 0.05) is 0 Å². The summed E-state index contributed by atoms with van der Waals surface area (Å²) in [5, 5.41) is 19.0. The first kappa shape index (κ1) is 18.7. The lowest BCUT2D eigenvalue weighted by molar-refractivity contribution is 0.0375. The molecule has 0 aromatic heterocycles. The summed E-state index contributed by atoms with van der Waals surface area (Å²) in [5.74, 6) is 0.625. The molecule has 3 atom stereocenters. The first-order valence-corrected chi connectivity index (χ1v) is 9.05. The van der Waals surface area contributed by atoms with Crippen LogP contribution in [0.2, 0.25) is 0 Å². The second-order valence-corrected chi connectivity index (χ2v) is 8.30. The molecule has 1 heterocycles. The molecule has 2 N–H and O–H groups in total. The van der Waals surface area contributed by atoms with Crippen LogP contribution in [0.4, 0.5) is 0 Å². The van der Waals surface area contributed by atoms with Crippen LogP contribution in [0.5, 0.6) is 0 Å². The number of rotatable bonds is 7. The van der Waals surface area contributed by atoms with Crippen molar-refractivity contribution in [1.82, 2.24) is 0 Å². The van der Waals surface area contributed by atoms with E-state index >= 15 is 0 Å². The van der Waals surface area contributed by atoms with Gasteiger partial charge in [0.05, 0.1) is 24.9 Å². The standard InChI is InChI=1S/C20H34O3/c1-15(12-17(22)13-16(2)8-11-21)6-7-18-19(3,4)9-5-10-20(18)14-23-20/h8,12,17-18,21-22H,5-7,9-11,13-14H2,1-4H3/b15-12+,16-8+/t17?,18-,20-/m0/s1. The zero-order valence-electron chi connectivity index (χ0n) is 15.3. The normalized spacial score (nSPS) is 32.2. The highest BCUT2D eigenvalue weighted by Gasteiger charge is 2.57. The maximum absolute atomic E-state index is 10.1. The van der Waals surface area contributed by atoms with E-state index in [1.165, 1.54) is 24.8 Å². The summed E-state index contributed by atoms with van der Waals surface area (Å²) in [6, 6.07) is 0. The lowest BCUT2D eigenvalue weighted by Crippen LogP contribution is -2.41. The summed E-state index contributed by atoms with van der Waals surface area (Å²) >= 11 is 0. The molecule has 0 bridgehead atoms. The van der Waals surface area contributed by atoms with Gasteiger partial charge >= 0.3 is 0 Å². The van der Waals surface area contributed by atoms with Crippen LogP contribution < -0.4 is 0 Å². The maximum Gasteiger partial charge on any atom is 0.0949 e. The minimum absolute atomic E-state index is 0.0418. The summed E-state index contributed by atoms with van der Waals surface area (Å²) < 4.78 is 5.88. The Balaban J connectivity index is 1.89. The number of allylic oxidation sites excluding steroid dienone is 1. The summed E-state index contributed by atoms with van der Waals surface area (Å²) in [5.41, 5.74) is 2.81. The van der Waals surface area contributed by atoms with E-state index in [2.05, 4.69) is 20.8 Å². The van der Waals surface area contributed by atoms with Gasteiger partial charge in [0.1, 0.15) is 0 Å². The Hall–Kier alpha value is -0.640. The number of hydrogen-bond acceptors (Lipinski definition) is 3. The predicted molar refractivity (Wildman–Crippen MR) is 94.3 cm³/mol. The van der Waals surface area contributed by atoms with E-state index in [-0.39, 0.29) is 12.2 Å². The van der Waals surface area contributed by atoms with Crippen LogP contribution in [0.1, 0.15) is 66.2 Å². The van der Waals surface area contributed by atoms with Crippen LogP contribution in [-0.4, -0.2) is 35.1 Å². The third-order valence-electron chi connectivity index (χ3n) is 5.79. The summed E-state index contributed by atoms with van der Waals surface area (Å²) in [6.07, 6.45) is 9.84. The first-order chi connectivity index (χ1) is 10.8. The molecule has 0 radical (unpaired) electrons. The molecule has 3 heteroatoms. The van der Waals surface area contributed by atoms with Gasteiger partial charge in [-0.15, -0.1) is 0 Å². The van der Waals surface area contributed by atoms with Gasteiger partial charge in [-0.25, -0.2) is 0 Å². The number of ether oxygens (including phenoxy) is 1. The van der Waals surface area contributed by atoms with E-state index in [1.807, 2.05) is 13.0 Å². The third kappa shape index (κ3) is 4.91. The van der Waals surface area contributed by atoms with Crippen molar-refractivity contribution in [3.05, 3.63) is 23.3 Å². The van der Waals surface area contributed by atoms with E-state index in [1.54, 1.807) is 6.08 Å². The van der Waals surface area contributed by atoms with E-state index in [0.717, 1.165) is 25.0 Å². The molecule has 0 aromatic rings. The van der Waals surface area contributed by atoms with Crippen LogP contribution in [0.3, 0.4) is 0 Å². The van der Waals surface area contributed by atoms with Crippen LogP contribution in [-0.2, 0) is 4.74 Å². The van der Waals surface area contributed by atoms with Crippen LogP contribution >= 0.6 is 0 Å². The smallest absolute Gasteiger partial charge is 0.0949 e. The lowest BCUT2D eigenvalue weighted by Gasteiger charge is -2.43. The molecule has 3 nitrogen and oxygen atoms in total. The van der Waals surface area contributed by atoms with Crippen LogP contribution in [0, 0.1) is 11.3 Å². The molecule has 23 heavy (non-hydrogen) atoms. The Bertz CT molecular complexity index is 452. The van der Waals surface area contributed by atoms with Crippen LogP contribution in [0.15, 0.2) is 23.3 Å². The van der Waals surface area contributed by atoms with Crippen molar-refractivity contribution in [1.29, 1.82) is 0 Å². The van der Waals surface area contributed by atoms with Crippen molar-refractivity contribution in [2.75, 3.05) is 13.2 Å². The second-order valence-electron chi connectivity index (χ2n) is 8.30. The Morgan fingerprint density at radius 2 is 1.96 bits per heavy atom. The Morgan fingerprint density at radius 3 is 2.57 bits per heavy atom. The topological polar surface area (TPSA) is 53.0 Å². The van der Waals surface area contributed by atoms with E-state index < -0.39 is 6.10 Å². The molecule has 0 amide bonds. The van der Waals surface area contributed by atoms with Crippen molar-refractivity contribution < 1.29 is 14.9 Å². The van der Waals surface area contributed by atoms with Gasteiger partial charge in [-0.1, -0.05) is 37.1 Å². The average molecular weight is 322 g/mol. The molecule has 1 aliphatic carbocycles. The Morgan fingerprint density at radius 1 is 1.26 bits per heavy atom. The number of aliphatic hydroxyl groups excluding tert-OH is 2. The fraction of sp³-hybridized carbons (Fsp3) is 0.800. The van der Waals surface area contributed by atoms with Crippen LogP contribution in [0.25, 0.3) is 0 Å². The SMILES string of the molecule is C/C(=C\C(O)C/C(C)=C/CO)CC[C@H]1C(C)(C)CCC[C@]12CO2. The highest BCUT2D eigenvalue weighted by atomic mass is 16.6. The summed E-state index contributed by atoms with van der Waals surface area (Å²) in [6.45, 7) is 9.82. The quantitative estimate of drug-likeness (QED) is 0.550. The average Bonchev–Trinajstić information content (AvgIpc) is 3.17. The molecule has 1 spiro atoms. The van der Waals surface area contributed by atoms with Crippen molar-refractivity contribution in [3.63, 3.8) is 0 Å². The largest absolute Gasteiger partial charge is 0.392 e. The molecule has 132 valence electrons. The molecule has 1 saturated carbocycles. The Labute approximate surface area is 141 Å². The molecule has 2 aliphatic rings. The van der Waals surface area contributed by atoms with E-state index in [4.69, 9.17) is 9.84 Å². The zero-order chi connectivity index (χ0) is 17.1. The van der Waals surface area contributed by atoms with Gasteiger partial charge in [0.25, 0.3) is 0 Å². The lowest BCUT2D eigenvalue weighted by atomic mass is 9.62. The highest BCUT2D eigenvalue weighted by molar-refractivity contribution is 5.11. The fourth-order valence-electron chi connectivity index (χ4n) is 4.41. The molecular weight excluding hydrogens is 288 g/mol. The van der Waals surface area contributed by atoms with E-state index in [9.17, 15) is 5.11 Å². The van der Waals surface area contributed by atoms with Gasteiger partial charge in [-0.05, 0) is 63.7 Å². The number of aliphatic hydroxyl groups is 2. The molecule has 1 unspecified atom stereocenters. The Kier molecular flexibility index (Phi) is 6.10. The second kappa shape index (κ2) is 7.50. The van der Waals surface area contributed by atoms with Gasteiger partial charge in [0.15, 0.2) is 0 Å². The number of hydrogen-bond donors (Lipinski definition) is 2. The zero-order valence-corrected chi connectivity index (χ0v) is 15.3. The summed E-state index contributed by atoms with van der Waals surface area (Å²) in [7, 11) is 0. The third-order valence-corrected chi connectivity index (χ3v) is 5.79. The molecule has 2 fully saturated rings. The maximum atomic E-state index is 10.1. The van der Waals surface area contributed by atoms with Gasteiger partial charge in [-0.3, -0.25) is 0 Å². The van der Waals surface area contributed by atoms with Gasteiger partial charge in [0.2, 0.25) is 0 Å². The number of epoxide rings is 1. The van der Waals surface area contributed by atoms with Gasteiger partial charge in [-0.2, -0.15) is 0 Å². The van der Waals surface area contributed by atoms with Gasteiger partial charge < -0.3 is 14.9 Å². The predicted octanol–water partition coefficient (Wildman–Crippen LogP) is 4.00. The summed E-state index contributed by atoms with van der Waals surface area (Å²) in [4.78, 5) is 0. The van der Waals surface area contributed by atoms with E-state index in [0.29, 0.717) is 17.8 Å². The fourth-order valence-corrected chi connectivity index (χ4v) is 4.41. The molecular formula is C20H34O3. The van der Waals surface area contributed by atoms with Crippen molar-refractivity contribution in [2.24, 2.45) is 11.3 Å². The van der Waals surface area contributed by atoms with Crippen molar-refractivity contribution >= 4 is 0 Å². The van der Waals surface area contributed by atoms with Crippen molar-refractivity contribution in [3.8, 4) is 0 Å². The monoisotopic (exact) mass is 322 g/mol. The molecule has 0 aromatic carbocycles. The molecule has 1 aliphatic heterocycles. The minimum atomic E-state index is -0.455. The molecule has 1 saturated heterocycles. The first-order valence-electron chi connectivity index (χ1n) is 9.05. The van der Waals surface area contributed by atoms with Crippen molar-refractivity contribution in [2.45, 2.75) is 77.9 Å². The molecule has 2 rings (SSSR count). The minimum Gasteiger partial charge on any atom is -0.392 e. The highest BCUT2D eigenvalue weighted by Crippen LogP contribution is 2.55.